The quantitative estimate of drug-likeness (QED) is 0.249. The molecular weight excluding hydrogens is 501 g/mol. The van der Waals surface area contributed by atoms with Crippen molar-refractivity contribution in [1.82, 2.24) is 10.3 Å². The highest BCUT2D eigenvalue weighted by Crippen LogP contribution is 2.35. The Morgan fingerprint density at radius 3 is 2.32 bits per heavy atom. The molecule has 0 saturated heterocycles. The van der Waals surface area contributed by atoms with Gasteiger partial charge in [0, 0.05) is 28.7 Å². The largest absolute Gasteiger partial charge is 0.481 e. The third-order valence-electron chi connectivity index (χ3n) is 6.10. The zero-order chi connectivity index (χ0) is 27.3. The van der Waals surface area contributed by atoms with Crippen molar-refractivity contribution in [3.63, 3.8) is 0 Å². The smallest absolute Gasteiger partial charge is 0.305 e. The van der Waals surface area contributed by atoms with Gasteiger partial charge in [0.2, 0.25) is 0 Å². The fourth-order valence-electron chi connectivity index (χ4n) is 3.92. The topological polar surface area (TPSA) is 82.5 Å². The van der Waals surface area contributed by atoms with E-state index in [1.54, 1.807) is 30.3 Å². The summed E-state index contributed by atoms with van der Waals surface area (Å²) < 4.78 is 14.4. The van der Waals surface area contributed by atoms with Crippen LogP contribution in [0.15, 0.2) is 78.2 Å². The van der Waals surface area contributed by atoms with Gasteiger partial charge in [-0.25, -0.2) is 9.37 Å². The summed E-state index contributed by atoms with van der Waals surface area (Å²) in [6, 6.07) is 22.1. The molecule has 4 rings (SSSR count). The van der Waals surface area contributed by atoms with Gasteiger partial charge in [-0.3, -0.25) is 9.59 Å². The standard InChI is InChI=1S/C30H30FN3O3S/c1-30(2,3)22-12-14-23(15-13-22)34(29-33-26(19-38-29)24-6-4-5-7-25(24)31)18-20-8-10-21(11-9-20)28(37)32-17-16-27(35)36/h4-15,19H,16-18H2,1-3H3,(H,32,37)(H,35,36). The van der Waals surface area contributed by atoms with Crippen LogP contribution in [0.25, 0.3) is 11.3 Å². The first-order chi connectivity index (χ1) is 18.1. The van der Waals surface area contributed by atoms with Gasteiger partial charge in [-0.05, 0) is 52.9 Å². The number of halogens is 1. The molecule has 0 atom stereocenters. The Morgan fingerprint density at radius 2 is 1.68 bits per heavy atom. The number of thiazole rings is 1. The van der Waals surface area contributed by atoms with Crippen LogP contribution in [0.2, 0.25) is 0 Å². The first-order valence-corrected chi connectivity index (χ1v) is 13.2. The summed E-state index contributed by atoms with van der Waals surface area (Å²) in [5, 5.41) is 14.0. The number of benzene rings is 3. The SMILES string of the molecule is CC(C)(C)c1ccc(N(Cc2ccc(C(=O)NCCC(=O)O)cc2)c2nc(-c3ccccc3F)cs2)cc1. The van der Waals surface area contributed by atoms with Crippen LogP contribution in [0.5, 0.6) is 0 Å². The summed E-state index contributed by atoms with van der Waals surface area (Å²) in [6.45, 7) is 7.06. The van der Waals surface area contributed by atoms with E-state index in [0.717, 1.165) is 16.4 Å². The molecule has 0 aliphatic carbocycles. The molecule has 4 aromatic rings. The molecule has 0 saturated carbocycles. The van der Waals surface area contributed by atoms with Crippen molar-refractivity contribution in [3.8, 4) is 11.3 Å². The number of aromatic nitrogens is 1. The highest BCUT2D eigenvalue weighted by molar-refractivity contribution is 7.14. The molecule has 1 aromatic heterocycles. The second-order valence-corrected chi connectivity index (χ2v) is 10.8. The summed E-state index contributed by atoms with van der Waals surface area (Å²) in [6.07, 6.45) is -0.129. The number of aliphatic carboxylic acids is 1. The van der Waals surface area contributed by atoms with Gasteiger partial charge in [-0.15, -0.1) is 11.3 Å². The van der Waals surface area contributed by atoms with Crippen LogP contribution in [0.1, 0.15) is 48.7 Å². The predicted octanol–water partition coefficient (Wildman–Crippen LogP) is 6.79. The lowest BCUT2D eigenvalue weighted by Crippen LogP contribution is -2.26. The van der Waals surface area contributed by atoms with Crippen LogP contribution in [-0.2, 0) is 16.8 Å². The molecule has 38 heavy (non-hydrogen) atoms. The summed E-state index contributed by atoms with van der Waals surface area (Å²) in [7, 11) is 0. The zero-order valence-electron chi connectivity index (χ0n) is 21.6. The van der Waals surface area contributed by atoms with Crippen molar-refractivity contribution in [2.24, 2.45) is 0 Å². The molecule has 0 aliphatic heterocycles. The first-order valence-electron chi connectivity index (χ1n) is 12.3. The number of carboxylic acids is 1. The Kier molecular flexibility index (Phi) is 8.22. The predicted molar refractivity (Wildman–Crippen MR) is 150 cm³/mol. The van der Waals surface area contributed by atoms with Crippen molar-refractivity contribution in [2.45, 2.75) is 39.2 Å². The molecule has 6 nitrogen and oxygen atoms in total. The molecule has 0 bridgehead atoms. The van der Waals surface area contributed by atoms with Crippen molar-refractivity contribution < 1.29 is 19.1 Å². The van der Waals surface area contributed by atoms with Crippen molar-refractivity contribution >= 4 is 34.0 Å². The van der Waals surface area contributed by atoms with E-state index in [1.807, 2.05) is 17.5 Å². The number of amides is 1. The van der Waals surface area contributed by atoms with Crippen molar-refractivity contribution in [1.29, 1.82) is 0 Å². The number of nitrogens with one attached hydrogen (secondary N) is 1. The van der Waals surface area contributed by atoms with E-state index in [1.165, 1.54) is 23.0 Å². The first kappa shape index (κ1) is 27.0. The molecule has 8 heteroatoms. The minimum Gasteiger partial charge on any atom is -0.481 e. The maximum atomic E-state index is 14.4. The molecule has 196 valence electrons. The number of carboxylic acid groups (broad SMARTS) is 1. The maximum Gasteiger partial charge on any atom is 0.305 e. The van der Waals surface area contributed by atoms with Crippen molar-refractivity contribution in [3.05, 3.63) is 101 Å². The third-order valence-corrected chi connectivity index (χ3v) is 6.96. The van der Waals surface area contributed by atoms with Crippen LogP contribution < -0.4 is 10.2 Å². The summed E-state index contributed by atoms with van der Waals surface area (Å²) in [5.41, 5.74) is 4.62. The highest BCUT2D eigenvalue weighted by Gasteiger charge is 2.19. The number of carbonyl (C=O) groups is 2. The van der Waals surface area contributed by atoms with E-state index >= 15 is 0 Å². The number of hydrogen-bond acceptors (Lipinski definition) is 5. The average Bonchev–Trinajstić information content (AvgIpc) is 3.37. The minimum absolute atomic E-state index is 0.0173. The van der Waals surface area contributed by atoms with E-state index in [4.69, 9.17) is 10.1 Å². The fraction of sp³-hybridized carbons (Fsp3) is 0.233. The van der Waals surface area contributed by atoms with Gasteiger partial charge in [-0.1, -0.05) is 57.2 Å². The fourth-order valence-corrected chi connectivity index (χ4v) is 4.77. The molecule has 2 N–H and O–H groups in total. The Bertz CT molecular complexity index is 1410. The maximum absolute atomic E-state index is 14.4. The molecule has 0 unspecified atom stereocenters. The van der Waals surface area contributed by atoms with E-state index in [9.17, 15) is 14.0 Å². The van der Waals surface area contributed by atoms with Gasteiger partial charge in [0.15, 0.2) is 5.13 Å². The number of hydrogen-bond donors (Lipinski definition) is 2. The molecule has 0 fully saturated rings. The number of nitrogens with zero attached hydrogens (tertiary/aromatic N) is 2. The van der Waals surface area contributed by atoms with Gasteiger partial charge in [0.05, 0.1) is 18.7 Å². The van der Waals surface area contributed by atoms with E-state index in [0.29, 0.717) is 23.4 Å². The van der Waals surface area contributed by atoms with Crippen LogP contribution in [0.3, 0.4) is 0 Å². The average molecular weight is 532 g/mol. The molecule has 1 heterocycles. The van der Waals surface area contributed by atoms with E-state index < -0.39 is 5.97 Å². The number of anilines is 2. The minimum atomic E-state index is -0.961. The lowest BCUT2D eigenvalue weighted by Gasteiger charge is -2.24. The van der Waals surface area contributed by atoms with Gasteiger partial charge in [0.1, 0.15) is 5.82 Å². The third kappa shape index (κ3) is 6.63. The lowest BCUT2D eigenvalue weighted by atomic mass is 9.87. The molecule has 0 spiro atoms. The lowest BCUT2D eigenvalue weighted by molar-refractivity contribution is -0.136. The Morgan fingerprint density at radius 1 is 1.00 bits per heavy atom. The summed E-state index contributed by atoms with van der Waals surface area (Å²) in [5.74, 6) is -1.60. The molecule has 0 aliphatic rings. The zero-order valence-corrected chi connectivity index (χ0v) is 22.4. The van der Waals surface area contributed by atoms with Crippen LogP contribution in [0.4, 0.5) is 15.2 Å². The van der Waals surface area contributed by atoms with E-state index in [2.05, 4.69) is 55.3 Å². The Hall–Kier alpha value is -4.04. The van der Waals surface area contributed by atoms with Crippen LogP contribution in [0, 0.1) is 5.82 Å². The summed E-state index contributed by atoms with van der Waals surface area (Å²) in [4.78, 5) is 29.9. The number of rotatable bonds is 9. The van der Waals surface area contributed by atoms with Gasteiger partial charge in [-0.2, -0.15) is 0 Å². The molecule has 0 radical (unpaired) electrons. The number of carbonyl (C=O) groups excluding carboxylic acids is 1. The second kappa shape index (κ2) is 11.6. The normalized spacial score (nSPS) is 11.3. The molecule has 1 amide bonds. The Labute approximate surface area is 225 Å². The van der Waals surface area contributed by atoms with Crippen LogP contribution in [-0.4, -0.2) is 28.5 Å². The summed E-state index contributed by atoms with van der Waals surface area (Å²) >= 11 is 1.44. The molecular formula is C30H30FN3O3S. The highest BCUT2D eigenvalue weighted by atomic mass is 32.1. The van der Waals surface area contributed by atoms with Gasteiger partial charge < -0.3 is 15.3 Å². The van der Waals surface area contributed by atoms with Gasteiger partial charge >= 0.3 is 5.97 Å². The van der Waals surface area contributed by atoms with E-state index in [-0.39, 0.29) is 30.1 Å². The van der Waals surface area contributed by atoms with Gasteiger partial charge in [0.25, 0.3) is 5.91 Å². The monoisotopic (exact) mass is 531 g/mol. The Balaban J connectivity index is 1.61. The van der Waals surface area contributed by atoms with Crippen LogP contribution >= 0.6 is 11.3 Å². The molecule has 3 aromatic carbocycles. The van der Waals surface area contributed by atoms with Crippen molar-refractivity contribution in [2.75, 3.05) is 11.4 Å². The second-order valence-electron chi connectivity index (χ2n) is 9.97.